The van der Waals surface area contributed by atoms with Gasteiger partial charge in [-0.15, -0.1) is 11.3 Å². The van der Waals surface area contributed by atoms with Crippen molar-refractivity contribution in [2.45, 2.75) is 6.04 Å². The average molecular weight is 342 g/mol. The number of halogens is 1. The van der Waals surface area contributed by atoms with Gasteiger partial charge in [0.1, 0.15) is 11.5 Å². The van der Waals surface area contributed by atoms with Crippen LogP contribution in [0.15, 0.2) is 34.1 Å². The zero-order valence-electron chi connectivity index (χ0n) is 11.1. The quantitative estimate of drug-likeness (QED) is 0.896. The third kappa shape index (κ3) is 3.11. The van der Waals surface area contributed by atoms with Crippen molar-refractivity contribution in [1.29, 1.82) is 0 Å². The molecule has 0 fully saturated rings. The van der Waals surface area contributed by atoms with Crippen molar-refractivity contribution < 1.29 is 9.47 Å². The van der Waals surface area contributed by atoms with Gasteiger partial charge in [-0.3, -0.25) is 0 Å². The molecule has 1 heterocycles. The summed E-state index contributed by atoms with van der Waals surface area (Å²) in [6.07, 6.45) is 0. The zero-order valence-corrected chi connectivity index (χ0v) is 13.5. The van der Waals surface area contributed by atoms with E-state index < -0.39 is 0 Å². The van der Waals surface area contributed by atoms with Gasteiger partial charge in [-0.05, 0) is 47.2 Å². The van der Waals surface area contributed by atoms with Gasteiger partial charge in [0.05, 0.1) is 20.3 Å². The highest BCUT2D eigenvalue weighted by atomic mass is 79.9. The Bertz CT molecular complexity index is 556. The van der Waals surface area contributed by atoms with E-state index in [1.165, 1.54) is 4.88 Å². The van der Waals surface area contributed by atoms with Crippen molar-refractivity contribution in [3.05, 3.63) is 44.6 Å². The van der Waals surface area contributed by atoms with Gasteiger partial charge in [-0.25, -0.2) is 0 Å². The lowest BCUT2D eigenvalue weighted by atomic mass is 10.0. The molecule has 0 aliphatic carbocycles. The molecule has 0 aliphatic rings. The molecule has 1 unspecified atom stereocenters. The topological polar surface area (TPSA) is 30.5 Å². The van der Waals surface area contributed by atoms with Gasteiger partial charge < -0.3 is 14.8 Å². The number of hydrogen-bond acceptors (Lipinski definition) is 4. The summed E-state index contributed by atoms with van der Waals surface area (Å²) < 4.78 is 11.8. The minimum Gasteiger partial charge on any atom is -0.497 e. The Hall–Kier alpha value is -1.04. The van der Waals surface area contributed by atoms with Crippen molar-refractivity contribution in [2.75, 3.05) is 21.3 Å². The summed E-state index contributed by atoms with van der Waals surface area (Å²) in [5.74, 6) is 1.68. The lowest BCUT2D eigenvalue weighted by molar-refractivity contribution is 0.395. The van der Waals surface area contributed by atoms with Gasteiger partial charge in [-0.1, -0.05) is 0 Å². The van der Waals surface area contributed by atoms with Gasteiger partial charge in [0.25, 0.3) is 0 Å². The van der Waals surface area contributed by atoms with Crippen LogP contribution in [0.2, 0.25) is 0 Å². The Kier molecular flexibility index (Phi) is 4.85. The van der Waals surface area contributed by atoms with Gasteiger partial charge in [-0.2, -0.15) is 0 Å². The standard InChI is InChI=1S/C14H16BrNO2S/c1-16-14(13-6-9(15)8-19-13)11-7-10(17-2)4-5-12(11)18-3/h4-8,14,16H,1-3H3. The maximum atomic E-state index is 5.45. The van der Waals surface area contributed by atoms with Crippen LogP contribution in [-0.4, -0.2) is 21.3 Å². The van der Waals surface area contributed by atoms with E-state index >= 15 is 0 Å². The molecule has 0 amide bonds. The molecule has 3 nitrogen and oxygen atoms in total. The Morgan fingerprint density at radius 1 is 1.21 bits per heavy atom. The number of thiophene rings is 1. The predicted octanol–water partition coefficient (Wildman–Crippen LogP) is 3.84. The van der Waals surface area contributed by atoms with Crippen LogP contribution in [0.3, 0.4) is 0 Å². The Morgan fingerprint density at radius 3 is 2.53 bits per heavy atom. The fourth-order valence-corrected chi connectivity index (χ4v) is 3.57. The van der Waals surface area contributed by atoms with E-state index in [2.05, 4.69) is 32.7 Å². The van der Waals surface area contributed by atoms with Crippen LogP contribution in [0.1, 0.15) is 16.5 Å². The van der Waals surface area contributed by atoms with E-state index in [0.717, 1.165) is 21.5 Å². The molecular weight excluding hydrogens is 326 g/mol. The highest BCUT2D eigenvalue weighted by Crippen LogP contribution is 2.36. The summed E-state index contributed by atoms with van der Waals surface area (Å²) in [7, 11) is 5.29. The van der Waals surface area contributed by atoms with Crippen molar-refractivity contribution >= 4 is 27.3 Å². The van der Waals surface area contributed by atoms with Gasteiger partial charge in [0.15, 0.2) is 0 Å². The largest absolute Gasteiger partial charge is 0.497 e. The molecular formula is C14H16BrNO2S. The van der Waals surface area contributed by atoms with Crippen LogP contribution in [0.4, 0.5) is 0 Å². The van der Waals surface area contributed by atoms with Gasteiger partial charge in [0.2, 0.25) is 0 Å². The first-order valence-corrected chi connectivity index (χ1v) is 7.50. The molecule has 0 radical (unpaired) electrons. The molecule has 2 aromatic rings. The van der Waals surface area contributed by atoms with Crippen molar-refractivity contribution in [1.82, 2.24) is 5.32 Å². The zero-order chi connectivity index (χ0) is 13.8. The van der Waals surface area contributed by atoms with E-state index in [-0.39, 0.29) is 6.04 Å². The van der Waals surface area contributed by atoms with E-state index in [1.54, 1.807) is 25.6 Å². The number of ether oxygens (including phenoxy) is 2. The second-order valence-electron chi connectivity index (χ2n) is 4.00. The lowest BCUT2D eigenvalue weighted by Gasteiger charge is -2.19. The van der Waals surface area contributed by atoms with E-state index in [4.69, 9.17) is 9.47 Å². The Morgan fingerprint density at radius 2 is 2.00 bits per heavy atom. The minimum absolute atomic E-state index is 0.0846. The first-order valence-electron chi connectivity index (χ1n) is 5.82. The fourth-order valence-electron chi connectivity index (χ4n) is 2.00. The van der Waals surface area contributed by atoms with E-state index in [1.807, 2.05) is 25.2 Å². The normalized spacial score (nSPS) is 12.2. The number of methoxy groups -OCH3 is 2. The predicted molar refractivity (Wildman–Crippen MR) is 82.5 cm³/mol. The van der Waals surface area contributed by atoms with Crippen LogP contribution < -0.4 is 14.8 Å². The smallest absolute Gasteiger partial charge is 0.124 e. The van der Waals surface area contributed by atoms with Gasteiger partial charge >= 0.3 is 0 Å². The molecule has 0 bridgehead atoms. The summed E-state index contributed by atoms with van der Waals surface area (Å²) >= 11 is 5.20. The maximum absolute atomic E-state index is 5.45. The summed E-state index contributed by atoms with van der Waals surface area (Å²) in [5, 5.41) is 5.40. The number of rotatable bonds is 5. The van der Waals surface area contributed by atoms with Crippen LogP contribution >= 0.6 is 27.3 Å². The summed E-state index contributed by atoms with van der Waals surface area (Å²) in [6, 6.07) is 8.04. The highest BCUT2D eigenvalue weighted by molar-refractivity contribution is 9.10. The van der Waals surface area contributed by atoms with Crippen molar-refractivity contribution in [3.63, 3.8) is 0 Å². The molecule has 0 spiro atoms. The maximum Gasteiger partial charge on any atom is 0.124 e. The first-order chi connectivity index (χ1) is 9.19. The molecule has 0 saturated heterocycles. The van der Waals surface area contributed by atoms with Gasteiger partial charge in [0, 0.05) is 20.3 Å². The molecule has 19 heavy (non-hydrogen) atoms. The lowest BCUT2D eigenvalue weighted by Crippen LogP contribution is -2.17. The van der Waals surface area contributed by atoms with E-state index in [0.29, 0.717) is 0 Å². The fraction of sp³-hybridized carbons (Fsp3) is 0.286. The van der Waals surface area contributed by atoms with Crippen LogP contribution in [0.25, 0.3) is 0 Å². The van der Waals surface area contributed by atoms with Crippen LogP contribution in [0.5, 0.6) is 11.5 Å². The van der Waals surface area contributed by atoms with Crippen molar-refractivity contribution in [2.24, 2.45) is 0 Å². The third-order valence-corrected chi connectivity index (χ3v) is 4.67. The molecule has 1 N–H and O–H groups in total. The average Bonchev–Trinajstić information content (AvgIpc) is 2.86. The van der Waals surface area contributed by atoms with Crippen molar-refractivity contribution in [3.8, 4) is 11.5 Å². The SMILES string of the molecule is CNC(c1cc(Br)cs1)c1cc(OC)ccc1OC. The molecule has 2 rings (SSSR count). The Labute approximate surface area is 125 Å². The molecule has 0 aliphatic heterocycles. The molecule has 5 heteroatoms. The highest BCUT2D eigenvalue weighted by Gasteiger charge is 2.19. The number of benzene rings is 1. The van der Waals surface area contributed by atoms with Crippen LogP contribution in [0, 0.1) is 0 Å². The summed E-state index contributed by atoms with van der Waals surface area (Å²) in [4.78, 5) is 1.22. The van der Waals surface area contributed by atoms with E-state index in [9.17, 15) is 0 Å². The first kappa shape index (κ1) is 14.4. The Balaban J connectivity index is 2.47. The molecule has 1 aromatic heterocycles. The number of hydrogen-bond donors (Lipinski definition) is 1. The number of nitrogens with one attached hydrogen (secondary N) is 1. The third-order valence-electron chi connectivity index (χ3n) is 2.91. The second kappa shape index (κ2) is 6.41. The molecule has 102 valence electrons. The summed E-state index contributed by atoms with van der Waals surface area (Å²) in [5.41, 5.74) is 1.07. The molecule has 0 saturated carbocycles. The van der Waals surface area contributed by atoms with Crippen LogP contribution in [-0.2, 0) is 0 Å². The molecule has 1 aromatic carbocycles. The molecule has 1 atom stereocenters. The minimum atomic E-state index is 0.0846. The summed E-state index contributed by atoms with van der Waals surface area (Å²) in [6.45, 7) is 0. The second-order valence-corrected chi connectivity index (χ2v) is 5.86. The monoisotopic (exact) mass is 341 g/mol.